The number of aryl methyl sites for hydroxylation is 1. The molecule has 1 aromatic heterocycles. The highest BCUT2D eigenvalue weighted by atomic mass is 16.4. The summed E-state index contributed by atoms with van der Waals surface area (Å²) < 4.78 is 1.82. The van der Waals surface area contributed by atoms with E-state index in [4.69, 9.17) is 0 Å². The number of phenolic OH excluding ortho intramolecular Hbond substituents is 1. The van der Waals surface area contributed by atoms with Crippen LogP contribution in [-0.2, 0) is 0 Å². The Kier molecular flexibility index (Phi) is 5.37. The van der Waals surface area contributed by atoms with E-state index in [1.54, 1.807) is 18.2 Å². The molecule has 2 N–H and O–H groups in total. The van der Waals surface area contributed by atoms with Crippen molar-refractivity contribution in [2.75, 3.05) is 14.1 Å². The Hall–Kier alpha value is -2.60. The first kappa shape index (κ1) is 19.2. The van der Waals surface area contributed by atoms with Crippen LogP contribution in [-0.4, -0.2) is 45.8 Å². The lowest BCUT2D eigenvalue weighted by Crippen LogP contribution is -2.32. The minimum absolute atomic E-state index is 0.156. The molecule has 0 spiro atoms. The van der Waals surface area contributed by atoms with Crippen molar-refractivity contribution in [3.63, 3.8) is 0 Å². The lowest BCUT2D eigenvalue weighted by atomic mass is 9.83. The molecule has 1 saturated carbocycles. The van der Waals surface area contributed by atoms with Gasteiger partial charge in [-0.15, -0.1) is 0 Å². The van der Waals surface area contributed by atoms with Crippen LogP contribution in [0.15, 0.2) is 35.3 Å². The van der Waals surface area contributed by atoms with E-state index in [1.165, 1.54) is 12.3 Å². The van der Waals surface area contributed by atoms with E-state index >= 15 is 0 Å². The van der Waals surface area contributed by atoms with Crippen LogP contribution in [0.2, 0.25) is 0 Å². The number of carbonyl (C=O) groups is 1. The number of phenols is 1. The predicted octanol–water partition coefficient (Wildman–Crippen LogP) is 3.14. The number of carboxylic acids is 1. The lowest BCUT2D eigenvalue weighted by Gasteiger charge is -2.34. The van der Waals surface area contributed by atoms with Gasteiger partial charge in [0.05, 0.1) is 0 Å². The van der Waals surface area contributed by atoms with Crippen molar-refractivity contribution in [3.8, 4) is 11.4 Å². The molecule has 27 heavy (non-hydrogen) atoms. The number of aromatic nitrogens is 1. The molecule has 1 heterocycles. The van der Waals surface area contributed by atoms with Crippen molar-refractivity contribution >= 4 is 5.97 Å². The van der Waals surface area contributed by atoms with E-state index in [0.29, 0.717) is 6.04 Å². The van der Waals surface area contributed by atoms with Crippen molar-refractivity contribution < 1.29 is 15.0 Å². The number of carboxylic acid groups (broad SMARTS) is 1. The molecular formula is C21H26N2O4. The number of rotatable bonds is 4. The van der Waals surface area contributed by atoms with Crippen LogP contribution in [0.3, 0.4) is 0 Å². The van der Waals surface area contributed by atoms with Gasteiger partial charge < -0.3 is 19.7 Å². The molecule has 1 fully saturated rings. The highest BCUT2D eigenvalue weighted by Crippen LogP contribution is 2.35. The standard InChI is InChI=1S/C21H26N2O4/c1-13-10-16(24)8-9-18(13)23-12-17(21(26)27)20(25)11-19(23)14-4-6-15(7-5-14)22(2)3/h8-12,14-15,24H,4-7H2,1-3H3,(H,26,27). The molecule has 0 radical (unpaired) electrons. The Balaban J connectivity index is 2.09. The van der Waals surface area contributed by atoms with Gasteiger partial charge in [0.25, 0.3) is 0 Å². The zero-order valence-electron chi connectivity index (χ0n) is 16.0. The van der Waals surface area contributed by atoms with E-state index in [9.17, 15) is 19.8 Å². The maximum absolute atomic E-state index is 12.4. The molecule has 0 atom stereocenters. The fraction of sp³-hybridized carbons (Fsp3) is 0.429. The van der Waals surface area contributed by atoms with Gasteiger partial charge in [0.2, 0.25) is 0 Å². The van der Waals surface area contributed by atoms with Gasteiger partial charge in [-0.3, -0.25) is 4.79 Å². The Morgan fingerprint density at radius 1 is 1.15 bits per heavy atom. The van der Waals surface area contributed by atoms with Crippen molar-refractivity contribution in [1.29, 1.82) is 0 Å². The number of benzene rings is 1. The Bertz CT molecular complexity index is 909. The number of pyridine rings is 1. The molecule has 144 valence electrons. The predicted molar refractivity (Wildman–Crippen MR) is 104 cm³/mol. The molecule has 0 aliphatic heterocycles. The number of hydrogen-bond donors (Lipinski definition) is 2. The summed E-state index contributed by atoms with van der Waals surface area (Å²) >= 11 is 0. The van der Waals surface area contributed by atoms with Gasteiger partial charge in [-0.2, -0.15) is 0 Å². The zero-order chi connectivity index (χ0) is 19.7. The zero-order valence-corrected chi connectivity index (χ0v) is 16.0. The van der Waals surface area contributed by atoms with E-state index in [1.807, 2.05) is 11.5 Å². The van der Waals surface area contributed by atoms with Crippen LogP contribution in [0, 0.1) is 6.92 Å². The normalized spacial score (nSPS) is 20.0. The van der Waals surface area contributed by atoms with Gasteiger partial charge >= 0.3 is 5.97 Å². The van der Waals surface area contributed by atoms with Gasteiger partial charge in [0.15, 0.2) is 5.43 Å². The van der Waals surface area contributed by atoms with Crippen LogP contribution < -0.4 is 5.43 Å². The topological polar surface area (TPSA) is 82.8 Å². The first-order valence-electron chi connectivity index (χ1n) is 9.24. The summed E-state index contributed by atoms with van der Waals surface area (Å²) in [7, 11) is 4.17. The fourth-order valence-corrected chi connectivity index (χ4v) is 4.03. The number of hydrogen-bond acceptors (Lipinski definition) is 4. The Morgan fingerprint density at radius 3 is 2.37 bits per heavy atom. The summed E-state index contributed by atoms with van der Waals surface area (Å²) in [6.45, 7) is 1.86. The third-order valence-electron chi connectivity index (χ3n) is 5.60. The summed E-state index contributed by atoms with van der Waals surface area (Å²) in [5.41, 5.74) is 1.74. The van der Waals surface area contributed by atoms with Crippen LogP contribution in [0.1, 0.15) is 53.2 Å². The van der Waals surface area contributed by atoms with Crippen molar-refractivity contribution in [2.24, 2.45) is 0 Å². The largest absolute Gasteiger partial charge is 0.508 e. The maximum atomic E-state index is 12.4. The number of aromatic carboxylic acids is 1. The summed E-state index contributed by atoms with van der Waals surface area (Å²) in [5, 5.41) is 19.1. The Morgan fingerprint density at radius 2 is 1.81 bits per heavy atom. The molecule has 0 saturated heterocycles. The summed E-state index contributed by atoms with van der Waals surface area (Å²) in [6, 6.07) is 7.00. The molecule has 1 aliphatic carbocycles. The lowest BCUT2D eigenvalue weighted by molar-refractivity contribution is 0.0694. The second-order valence-electron chi connectivity index (χ2n) is 7.59. The highest BCUT2D eigenvalue weighted by Gasteiger charge is 2.27. The highest BCUT2D eigenvalue weighted by molar-refractivity contribution is 5.87. The van der Waals surface area contributed by atoms with Crippen LogP contribution in [0.4, 0.5) is 0 Å². The molecule has 1 aliphatic rings. The molecular weight excluding hydrogens is 344 g/mol. The number of nitrogens with zero attached hydrogens (tertiary/aromatic N) is 2. The molecule has 0 unspecified atom stereocenters. The summed E-state index contributed by atoms with van der Waals surface area (Å²) in [4.78, 5) is 26.1. The average molecular weight is 370 g/mol. The van der Waals surface area contributed by atoms with Crippen molar-refractivity contribution in [3.05, 3.63) is 57.5 Å². The second-order valence-corrected chi connectivity index (χ2v) is 7.59. The fourth-order valence-electron chi connectivity index (χ4n) is 4.03. The van der Waals surface area contributed by atoms with E-state index in [-0.39, 0.29) is 17.2 Å². The molecule has 6 heteroatoms. The molecule has 6 nitrogen and oxygen atoms in total. The van der Waals surface area contributed by atoms with Gasteiger partial charge in [-0.1, -0.05) is 0 Å². The third kappa shape index (κ3) is 3.90. The monoisotopic (exact) mass is 370 g/mol. The van der Waals surface area contributed by atoms with E-state index < -0.39 is 11.4 Å². The Labute approximate surface area is 158 Å². The molecule has 3 rings (SSSR count). The van der Waals surface area contributed by atoms with Crippen molar-refractivity contribution in [2.45, 2.75) is 44.6 Å². The first-order valence-corrected chi connectivity index (χ1v) is 9.24. The molecule has 0 amide bonds. The van der Waals surface area contributed by atoms with E-state index in [2.05, 4.69) is 19.0 Å². The quantitative estimate of drug-likeness (QED) is 0.864. The van der Waals surface area contributed by atoms with E-state index in [0.717, 1.165) is 42.6 Å². The number of aromatic hydroxyl groups is 1. The maximum Gasteiger partial charge on any atom is 0.341 e. The third-order valence-corrected chi connectivity index (χ3v) is 5.60. The van der Waals surface area contributed by atoms with Crippen molar-refractivity contribution in [1.82, 2.24) is 9.47 Å². The SMILES string of the molecule is Cc1cc(O)ccc1-n1cc(C(=O)O)c(=O)cc1C1CCC(N(C)C)CC1. The van der Waals surface area contributed by atoms with Crippen LogP contribution >= 0.6 is 0 Å². The second kappa shape index (κ2) is 7.56. The van der Waals surface area contributed by atoms with Crippen LogP contribution in [0.25, 0.3) is 5.69 Å². The summed E-state index contributed by atoms with van der Waals surface area (Å²) in [6.07, 6.45) is 5.41. The van der Waals surface area contributed by atoms with Gasteiger partial charge in [-0.05, 0) is 76.4 Å². The van der Waals surface area contributed by atoms with Gasteiger partial charge in [0.1, 0.15) is 11.3 Å². The molecule has 0 bridgehead atoms. The minimum Gasteiger partial charge on any atom is -0.508 e. The molecule has 2 aromatic rings. The van der Waals surface area contributed by atoms with Gasteiger partial charge in [-0.25, -0.2) is 4.79 Å². The van der Waals surface area contributed by atoms with Crippen LogP contribution in [0.5, 0.6) is 5.75 Å². The van der Waals surface area contributed by atoms with Gasteiger partial charge in [0, 0.05) is 29.7 Å². The minimum atomic E-state index is -1.23. The average Bonchev–Trinajstić information content (AvgIpc) is 2.61. The first-order chi connectivity index (χ1) is 12.8. The smallest absolute Gasteiger partial charge is 0.341 e. The molecule has 1 aromatic carbocycles. The summed E-state index contributed by atoms with van der Waals surface area (Å²) in [5.74, 6) is -0.873.